The van der Waals surface area contributed by atoms with Crippen LogP contribution in [0.1, 0.15) is 53.2 Å². The molecule has 2 fully saturated rings. The summed E-state index contributed by atoms with van der Waals surface area (Å²) in [6.07, 6.45) is 5.32. The Kier molecular flexibility index (Phi) is 3.75. The van der Waals surface area contributed by atoms with Gasteiger partial charge in [-0.25, -0.2) is 4.68 Å². The maximum absolute atomic E-state index is 6.15. The average molecular weight is 328 g/mol. The molecule has 5 nitrogen and oxygen atoms in total. The number of rotatable bonds is 2. The number of ether oxygens (including phenoxy) is 1. The minimum absolute atomic E-state index is 0.0546. The van der Waals surface area contributed by atoms with Crippen LogP contribution in [0.4, 0.5) is 0 Å². The molecule has 0 spiro atoms. The Hall–Kier alpha value is -1.37. The number of hydrogen-bond acceptors (Lipinski definition) is 4. The molecule has 2 aliphatic rings. The number of nitrogens with zero attached hydrogens (tertiary/aromatic N) is 2. The maximum Gasteiger partial charge on any atom is 0.494 e. The number of hydrogen-bond donors (Lipinski definition) is 0. The van der Waals surface area contributed by atoms with Crippen LogP contribution in [-0.4, -0.2) is 34.7 Å². The first-order valence-corrected chi connectivity index (χ1v) is 8.82. The normalized spacial score (nSPS) is 26.2. The van der Waals surface area contributed by atoms with E-state index in [4.69, 9.17) is 14.0 Å². The fourth-order valence-electron chi connectivity index (χ4n) is 3.34. The third-order valence-corrected chi connectivity index (χ3v) is 5.57. The molecule has 0 amide bonds. The van der Waals surface area contributed by atoms with E-state index in [-0.39, 0.29) is 24.5 Å². The summed E-state index contributed by atoms with van der Waals surface area (Å²) in [6, 6.07) is 6.29. The van der Waals surface area contributed by atoms with Crippen LogP contribution in [0, 0.1) is 0 Å². The van der Waals surface area contributed by atoms with Gasteiger partial charge in [0.15, 0.2) is 6.23 Å². The van der Waals surface area contributed by atoms with Crippen molar-refractivity contribution in [2.24, 2.45) is 0 Å². The zero-order chi connectivity index (χ0) is 16.9. The molecule has 1 atom stereocenters. The molecule has 24 heavy (non-hydrogen) atoms. The monoisotopic (exact) mass is 328 g/mol. The first-order valence-electron chi connectivity index (χ1n) is 8.82. The van der Waals surface area contributed by atoms with E-state index in [1.165, 1.54) is 6.42 Å². The topological polar surface area (TPSA) is 45.5 Å². The van der Waals surface area contributed by atoms with E-state index < -0.39 is 0 Å². The summed E-state index contributed by atoms with van der Waals surface area (Å²) in [5.74, 6) is 0. The SMILES string of the molecule is CC1(C)OB(c2ccc3c(cnn3[C@@H]3CCCCO3)c2)OC1(C)C. The van der Waals surface area contributed by atoms with Crippen molar-refractivity contribution in [3.05, 3.63) is 24.4 Å². The van der Waals surface area contributed by atoms with Crippen molar-refractivity contribution in [2.75, 3.05) is 6.61 Å². The number of fused-ring (bicyclic) bond motifs is 1. The molecule has 0 bridgehead atoms. The number of benzene rings is 1. The fourth-order valence-corrected chi connectivity index (χ4v) is 3.34. The standard InChI is InChI=1S/C18H25BN2O3/c1-17(2)18(3,4)24-19(23-17)14-8-9-15-13(11-14)12-20-21(15)16-7-5-6-10-22-16/h8-9,11-12,16H,5-7,10H2,1-4H3/t16-/m0/s1. The van der Waals surface area contributed by atoms with Gasteiger partial charge in [0.1, 0.15) is 0 Å². The van der Waals surface area contributed by atoms with Gasteiger partial charge in [-0.3, -0.25) is 0 Å². The van der Waals surface area contributed by atoms with E-state index in [9.17, 15) is 0 Å². The van der Waals surface area contributed by atoms with E-state index in [0.717, 1.165) is 35.8 Å². The molecule has 0 N–H and O–H groups in total. The van der Waals surface area contributed by atoms with Gasteiger partial charge in [0.05, 0.1) is 22.9 Å². The van der Waals surface area contributed by atoms with Gasteiger partial charge in [0.2, 0.25) is 0 Å². The summed E-state index contributed by atoms with van der Waals surface area (Å²) in [5.41, 5.74) is 1.48. The van der Waals surface area contributed by atoms with Crippen LogP contribution in [-0.2, 0) is 14.0 Å². The Bertz CT molecular complexity index is 734. The van der Waals surface area contributed by atoms with E-state index in [1.807, 2.05) is 10.9 Å². The molecule has 3 heterocycles. The quantitative estimate of drug-likeness (QED) is 0.795. The molecule has 0 unspecified atom stereocenters. The summed E-state index contributed by atoms with van der Waals surface area (Å²) >= 11 is 0. The molecule has 0 saturated carbocycles. The van der Waals surface area contributed by atoms with Gasteiger partial charge < -0.3 is 14.0 Å². The van der Waals surface area contributed by atoms with E-state index >= 15 is 0 Å². The molecule has 1 aromatic carbocycles. The van der Waals surface area contributed by atoms with Crippen molar-refractivity contribution in [1.29, 1.82) is 0 Å². The van der Waals surface area contributed by atoms with E-state index in [0.29, 0.717) is 0 Å². The van der Waals surface area contributed by atoms with Gasteiger partial charge in [0, 0.05) is 12.0 Å². The van der Waals surface area contributed by atoms with Gasteiger partial charge in [-0.15, -0.1) is 0 Å². The van der Waals surface area contributed by atoms with Crippen molar-refractivity contribution in [3.63, 3.8) is 0 Å². The molecule has 2 aliphatic heterocycles. The maximum atomic E-state index is 6.15. The minimum atomic E-state index is -0.339. The molecular weight excluding hydrogens is 303 g/mol. The Morgan fingerprint density at radius 3 is 2.54 bits per heavy atom. The zero-order valence-electron chi connectivity index (χ0n) is 14.9. The molecule has 6 heteroatoms. The molecule has 0 aliphatic carbocycles. The summed E-state index contributed by atoms with van der Waals surface area (Å²) in [6.45, 7) is 9.11. The van der Waals surface area contributed by atoms with Crippen LogP contribution in [0.5, 0.6) is 0 Å². The van der Waals surface area contributed by atoms with Gasteiger partial charge in [-0.2, -0.15) is 5.10 Å². The molecule has 128 valence electrons. The van der Waals surface area contributed by atoms with Crippen molar-refractivity contribution in [3.8, 4) is 0 Å². The second-order valence-electron chi connectivity index (χ2n) is 7.82. The second kappa shape index (κ2) is 5.58. The predicted octanol–water partition coefficient (Wildman–Crippen LogP) is 3.03. The average Bonchev–Trinajstić information content (AvgIpc) is 3.06. The lowest BCUT2D eigenvalue weighted by Gasteiger charge is -2.32. The van der Waals surface area contributed by atoms with Crippen LogP contribution < -0.4 is 5.46 Å². The van der Waals surface area contributed by atoms with Crippen LogP contribution >= 0.6 is 0 Å². The van der Waals surface area contributed by atoms with Gasteiger partial charge in [-0.05, 0) is 58.5 Å². The van der Waals surface area contributed by atoms with Crippen molar-refractivity contribution < 1.29 is 14.0 Å². The lowest BCUT2D eigenvalue weighted by molar-refractivity contribution is -0.0366. The lowest BCUT2D eigenvalue weighted by Crippen LogP contribution is -2.41. The fraction of sp³-hybridized carbons (Fsp3) is 0.611. The van der Waals surface area contributed by atoms with Crippen LogP contribution in [0.2, 0.25) is 0 Å². The van der Waals surface area contributed by atoms with Crippen LogP contribution in [0.15, 0.2) is 24.4 Å². The molecule has 2 saturated heterocycles. The third-order valence-electron chi connectivity index (χ3n) is 5.57. The first-order chi connectivity index (χ1) is 11.4. The van der Waals surface area contributed by atoms with Crippen molar-refractivity contribution >= 4 is 23.5 Å². The summed E-state index contributed by atoms with van der Waals surface area (Å²) in [7, 11) is -0.339. The summed E-state index contributed by atoms with van der Waals surface area (Å²) in [5, 5.41) is 5.65. The molecule has 2 aromatic rings. The molecule has 0 radical (unpaired) electrons. The first kappa shape index (κ1) is 16.1. The second-order valence-corrected chi connectivity index (χ2v) is 7.82. The van der Waals surface area contributed by atoms with Crippen LogP contribution in [0.3, 0.4) is 0 Å². The highest BCUT2D eigenvalue weighted by atomic mass is 16.7. The molecule has 4 rings (SSSR count). The van der Waals surface area contributed by atoms with Gasteiger partial charge >= 0.3 is 7.12 Å². The lowest BCUT2D eigenvalue weighted by atomic mass is 9.79. The van der Waals surface area contributed by atoms with Crippen LogP contribution in [0.25, 0.3) is 10.9 Å². The smallest absolute Gasteiger partial charge is 0.399 e. The van der Waals surface area contributed by atoms with Crippen molar-refractivity contribution in [2.45, 2.75) is 64.4 Å². The Morgan fingerprint density at radius 2 is 1.88 bits per heavy atom. The van der Waals surface area contributed by atoms with E-state index in [1.54, 1.807) is 0 Å². The predicted molar refractivity (Wildman–Crippen MR) is 94.3 cm³/mol. The van der Waals surface area contributed by atoms with Crippen molar-refractivity contribution in [1.82, 2.24) is 9.78 Å². The highest BCUT2D eigenvalue weighted by Crippen LogP contribution is 2.36. The summed E-state index contributed by atoms with van der Waals surface area (Å²) < 4.78 is 20.2. The van der Waals surface area contributed by atoms with Gasteiger partial charge in [0.25, 0.3) is 0 Å². The third kappa shape index (κ3) is 2.57. The molecule has 1 aromatic heterocycles. The Balaban J connectivity index is 1.63. The Labute approximate surface area is 143 Å². The highest BCUT2D eigenvalue weighted by Gasteiger charge is 2.51. The Morgan fingerprint density at radius 1 is 1.12 bits per heavy atom. The van der Waals surface area contributed by atoms with E-state index in [2.05, 4.69) is 51.0 Å². The molecular formula is C18H25BN2O3. The minimum Gasteiger partial charge on any atom is -0.399 e. The summed E-state index contributed by atoms with van der Waals surface area (Å²) in [4.78, 5) is 0. The van der Waals surface area contributed by atoms with Gasteiger partial charge in [-0.1, -0.05) is 12.1 Å². The highest BCUT2D eigenvalue weighted by molar-refractivity contribution is 6.62. The zero-order valence-corrected chi connectivity index (χ0v) is 14.9. The largest absolute Gasteiger partial charge is 0.494 e. The number of aromatic nitrogens is 2.